The van der Waals surface area contributed by atoms with Gasteiger partial charge in [0.1, 0.15) is 0 Å². The molecule has 0 aliphatic heterocycles. The summed E-state index contributed by atoms with van der Waals surface area (Å²) >= 11 is 0. The summed E-state index contributed by atoms with van der Waals surface area (Å²) in [6.07, 6.45) is 1.14. The van der Waals surface area contributed by atoms with Crippen molar-refractivity contribution in [1.29, 1.82) is 0 Å². The van der Waals surface area contributed by atoms with Gasteiger partial charge >= 0.3 is 5.97 Å². The number of carboxylic acid groups (broad SMARTS) is 1. The summed E-state index contributed by atoms with van der Waals surface area (Å²) in [6.45, 7) is 1.58. The van der Waals surface area contributed by atoms with E-state index in [-0.39, 0.29) is 11.8 Å². The van der Waals surface area contributed by atoms with Crippen LogP contribution in [0.1, 0.15) is 24.1 Å². The van der Waals surface area contributed by atoms with Crippen LogP contribution in [0, 0.1) is 5.92 Å². The maximum Gasteiger partial charge on any atom is 0.307 e. The van der Waals surface area contributed by atoms with Crippen LogP contribution >= 0.6 is 0 Å². The highest BCUT2D eigenvalue weighted by molar-refractivity contribution is 5.74. The number of ether oxygens (including phenoxy) is 2. The molecule has 1 fully saturated rings. The molecule has 100 valence electrons. The molecule has 0 radical (unpaired) electrons. The molecule has 1 saturated carbocycles. The number of hydrogen-bond donors (Lipinski definition) is 1. The van der Waals surface area contributed by atoms with Crippen molar-refractivity contribution >= 4 is 5.97 Å². The van der Waals surface area contributed by atoms with E-state index in [4.69, 9.17) is 19.1 Å². The average molecular weight is 256 g/mol. The lowest BCUT2D eigenvalue weighted by Gasteiger charge is -1.99. The Balaban J connectivity index is 1.72. The highest BCUT2D eigenvalue weighted by Crippen LogP contribution is 2.46. The van der Waals surface area contributed by atoms with Gasteiger partial charge < -0.3 is 19.1 Å². The molecule has 18 heavy (non-hydrogen) atoms. The monoisotopic (exact) mass is 256 g/mol. The number of aliphatic carboxylic acids is 1. The molecule has 1 aliphatic rings. The molecule has 2 unspecified atom stereocenters. The summed E-state index contributed by atoms with van der Waals surface area (Å²) in [4.78, 5) is 14.9. The molecule has 1 heterocycles. The van der Waals surface area contributed by atoms with Crippen molar-refractivity contribution < 1.29 is 23.9 Å². The first-order valence-electron chi connectivity index (χ1n) is 5.84. The molecule has 0 spiro atoms. The number of carboxylic acids is 1. The summed E-state index contributed by atoms with van der Waals surface area (Å²) in [5, 5.41) is 12.6. The minimum Gasteiger partial charge on any atom is -0.481 e. The standard InChI is InChI=1S/C11H16N2O5/c1-16-4-5-17-3-2-9-12-10(18-13-9)7-6-8(7)11(14)15/h7-8H,2-6H2,1H3,(H,14,15). The fraction of sp³-hybridized carbons (Fsp3) is 0.727. The van der Waals surface area contributed by atoms with E-state index in [0.29, 0.717) is 44.4 Å². The van der Waals surface area contributed by atoms with Crippen molar-refractivity contribution in [2.75, 3.05) is 26.9 Å². The number of methoxy groups -OCH3 is 1. The van der Waals surface area contributed by atoms with Crippen LogP contribution in [0.2, 0.25) is 0 Å². The molecule has 2 atom stereocenters. The first kappa shape index (κ1) is 13.0. The lowest BCUT2D eigenvalue weighted by molar-refractivity contribution is -0.138. The lowest BCUT2D eigenvalue weighted by atomic mass is 10.3. The number of nitrogens with zero attached hydrogens (tertiary/aromatic N) is 2. The third-order valence-electron chi connectivity index (χ3n) is 2.81. The maximum atomic E-state index is 10.7. The second-order valence-electron chi connectivity index (χ2n) is 4.19. The second kappa shape index (κ2) is 5.92. The molecule has 0 saturated heterocycles. The normalized spacial score (nSPS) is 22.1. The first-order valence-corrected chi connectivity index (χ1v) is 5.84. The van der Waals surface area contributed by atoms with Crippen molar-refractivity contribution in [1.82, 2.24) is 10.1 Å². The topological polar surface area (TPSA) is 94.7 Å². The van der Waals surface area contributed by atoms with Gasteiger partial charge in [0.15, 0.2) is 5.82 Å². The van der Waals surface area contributed by atoms with Gasteiger partial charge in [0.25, 0.3) is 0 Å². The summed E-state index contributed by atoms with van der Waals surface area (Å²) in [5.41, 5.74) is 0. The molecule has 1 aromatic heterocycles. The van der Waals surface area contributed by atoms with Gasteiger partial charge in [-0.1, -0.05) is 5.16 Å². The lowest BCUT2D eigenvalue weighted by Crippen LogP contribution is -2.05. The Bertz CT molecular complexity index is 406. The van der Waals surface area contributed by atoms with Crippen LogP contribution in [0.4, 0.5) is 0 Å². The Hall–Kier alpha value is -1.47. The molecule has 1 aromatic rings. The Morgan fingerprint density at radius 3 is 3.00 bits per heavy atom. The van der Waals surface area contributed by atoms with E-state index in [1.54, 1.807) is 7.11 Å². The van der Waals surface area contributed by atoms with E-state index in [9.17, 15) is 4.79 Å². The summed E-state index contributed by atoms with van der Waals surface area (Å²) in [5.74, 6) is -0.301. The summed E-state index contributed by atoms with van der Waals surface area (Å²) < 4.78 is 15.2. The zero-order valence-corrected chi connectivity index (χ0v) is 10.2. The van der Waals surface area contributed by atoms with E-state index < -0.39 is 5.97 Å². The van der Waals surface area contributed by atoms with Gasteiger partial charge in [0.05, 0.1) is 31.7 Å². The molecule has 7 nitrogen and oxygen atoms in total. The number of hydrogen-bond acceptors (Lipinski definition) is 6. The minimum absolute atomic E-state index is 0.113. The van der Waals surface area contributed by atoms with E-state index >= 15 is 0 Å². The second-order valence-corrected chi connectivity index (χ2v) is 4.19. The van der Waals surface area contributed by atoms with Crippen LogP contribution in [0.15, 0.2) is 4.52 Å². The third-order valence-corrected chi connectivity index (χ3v) is 2.81. The van der Waals surface area contributed by atoms with Crippen LogP contribution < -0.4 is 0 Å². The first-order chi connectivity index (χ1) is 8.72. The van der Waals surface area contributed by atoms with Crippen LogP contribution in [0.3, 0.4) is 0 Å². The summed E-state index contributed by atoms with van der Waals surface area (Å²) in [7, 11) is 1.61. The van der Waals surface area contributed by atoms with Crippen molar-refractivity contribution in [3.8, 4) is 0 Å². The van der Waals surface area contributed by atoms with Crippen LogP contribution in [0.25, 0.3) is 0 Å². The number of aromatic nitrogens is 2. The molecule has 7 heteroatoms. The van der Waals surface area contributed by atoms with Gasteiger partial charge in [-0.3, -0.25) is 4.79 Å². The fourth-order valence-electron chi connectivity index (χ4n) is 1.67. The highest BCUT2D eigenvalue weighted by atomic mass is 16.5. The molecule has 2 rings (SSSR count). The van der Waals surface area contributed by atoms with E-state index in [0.717, 1.165) is 0 Å². The van der Waals surface area contributed by atoms with Crippen molar-refractivity contribution in [2.24, 2.45) is 5.92 Å². The third kappa shape index (κ3) is 3.27. The Labute approximate surface area is 104 Å². The Morgan fingerprint density at radius 2 is 2.33 bits per heavy atom. The van der Waals surface area contributed by atoms with Crippen molar-refractivity contribution in [3.05, 3.63) is 11.7 Å². The Morgan fingerprint density at radius 1 is 1.50 bits per heavy atom. The maximum absolute atomic E-state index is 10.7. The molecular formula is C11H16N2O5. The van der Waals surface area contributed by atoms with Crippen LogP contribution in [-0.2, 0) is 20.7 Å². The Kier molecular flexibility index (Phi) is 4.27. The zero-order valence-electron chi connectivity index (χ0n) is 10.2. The molecule has 0 bridgehead atoms. The largest absolute Gasteiger partial charge is 0.481 e. The summed E-state index contributed by atoms with van der Waals surface area (Å²) in [6, 6.07) is 0. The smallest absolute Gasteiger partial charge is 0.307 e. The van der Waals surface area contributed by atoms with Crippen LogP contribution in [-0.4, -0.2) is 48.1 Å². The number of rotatable bonds is 8. The molecule has 1 aliphatic carbocycles. The van der Waals surface area contributed by atoms with Crippen molar-refractivity contribution in [3.63, 3.8) is 0 Å². The molecule has 0 aromatic carbocycles. The van der Waals surface area contributed by atoms with E-state index in [2.05, 4.69) is 10.1 Å². The van der Waals surface area contributed by atoms with Gasteiger partial charge in [-0.15, -0.1) is 0 Å². The van der Waals surface area contributed by atoms with E-state index in [1.165, 1.54) is 0 Å². The van der Waals surface area contributed by atoms with Gasteiger partial charge in [-0.25, -0.2) is 0 Å². The predicted octanol–water partition coefficient (Wildman–Crippen LogP) is 0.463. The SMILES string of the molecule is COCCOCCc1noc(C2CC2C(=O)O)n1. The van der Waals surface area contributed by atoms with Gasteiger partial charge in [0.2, 0.25) is 5.89 Å². The van der Waals surface area contributed by atoms with E-state index in [1.807, 2.05) is 0 Å². The minimum atomic E-state index is -0.803. The average Bonchev–Trinajstić information content (AvgIpc) is 3.03. The zero-order chi connectivity index (χ0) is 13.0. The molecular weight excluding hydrogens is 240 g/mol. The fourth-order valence-corrected chi connectivity index (χ4v) is 1.67. The predicted molar refractivity (Wildman–Crippen MR) is 59.2 cm³/mol. The van der Waals surface area contributed by atoms with Gasteiger partial charge in [-0.05, 0) is 6.42 Å². The molecule has 1 N–H and O–H groups in total. The molecule has 0 amide bonds. The quantitative estimate of drug-likeness (QED) is 0.675. The highest BCUT2D eigenvalue weighted by Gasteiger charge is 2.48. The van der Waals surface area contributed by atoms with Crippen LogP contribution in [0.5, 0.6) is 0 Å². The van der Waals surface area contributed by atoms with Crippen molar-refractivity contribution in [2.45, 2.75) is 18.8 Å². The number of carbonyl (C=O) groups is 1. The van der Waals surface area contributed by atoms with Gasteiger partial charge in [0, 0.05) is 13.5 Å². The van der Waals surface area contributed by atoms with Gasteiger partial charge in [-0.2, -0.15) is 4.98 Å².